The number of benzene rings is 1. The first-order chi connectivity index (χ1) is 8.80. The van der Waals surface area contributed by atoms with Gasteiger partial charge < -0.3 is 5.32 Å². The maximum Gasteiger partial charge on any atom is 0.290 e. The van der Waals surface area contributed by atoms with Gasteiger partial charge in [-0.1, -0.05) is 11.6 Å². The Kier molecular flexibility index (Phi) is 7.39. The Hall–Kier alpha value is -0.930. The third-order valence-corrected chi connectivity index (χ3v) is 4.62. The number of likely N-dealkylation sites (N-methyl/N-ethyl adjacent to an activating group) is 2. The van der Waals surface area contributed by atoms with Crippen molar-refractivity contribution in [2.75, 3.05) is 27.2 Å². The van der Waals surface area contributed by atoms with E-state index in [9.17, 15) is 18.5 Å². The van der Waals surface area contributed by atoms with E-state index in [0.717, 1.165) is 16.4 Å². The summed E-state index contributed by atoms with van der Waals surface area (Å²) in [5.74, 6) is 0. The van der Waals surface area contributed by atoms with E-state index in [4.69, 9.17) is 11.6 Å². The lowest BCUT2D eigenvalue weighted by atomic mass is 10.3. The molecule has 0 bridgehead atoms. The normalized spacial score (nSPS) is 11.2. The molecule has 0 aliphatic heterocycles. The molecule has 0 spiro atoms. The smallest absolute Gasteiger partial charge is 0.290 e. The lowest BCUT2D eigenvalue weighted by Crippen LogP contribution is -2.33. The molecule has 10 heteroatoms. The third-order valence-electron chi connectivity index (χ3n) is 2.48. The SMILES string of the molecule is CNCCN(C)S(=O)(=O)c1ccc(Cl)cc1[N+](=O)[O-].Cl. The molecule has 0 amide bonds. The van der Waals surface area contributed by atoms with Gasteiger partial charge in [-0.3, -0.25) is 10.1 Å². The summed E-state index contributed by atoms with van der Waals surface area (Å²) in [4.78, 5) is 9.79. The fraction of sp³-hybridized carbons (Fsp3) is 0.400. The number of sulfonamides is 1. The Morgan fingerprint density at radius 1 is 1.45 bits per heavy atom. The zero-order valence-electron chi connectivity index (χ0n) is 10.9. The zero-order valence-corrected chi connectivity index (χ0v) is 13.3. The molecule has 0 heterocycles. The number of nitrogens with one attached hydrogen (secondary N) is 1. The van der Waals surface area contributed by atoms with Crippen molar-refractivity contribution in [1.29, 1.82) is 0 Å². The fourth-order valence-electron chi connectivity index (χ4n) is 1.41. The standard InChI is InChI=1S/C10H14ClN3O4S.ClH/c1-12-5-6-13(2)19(17,18)10-4-3-8(11)7-9(10)14(15)16;/h3-4,7,12H,5-6H2,1-2H3;1H. The van der Waals surface area contributed by atoms with Gasteiger partial charge >= 0.3 is 0 Å². The van der Waals surface area contributed by atoms with Crippen molar-refractivity contribution in [3.05, 3.63) is 33.3 Å². The monoisotopic (exact) mass is 343 g/mol. The van der Waals surface area contributed by atoms with Gasteiger partial charge in [-0.05, 0) is 19.2 Å². The van der Waals surface area contributed by atoms with Gasteiger partial charge in [0.1, 0.15) is 0 Å². The van der Waals surface area contributed by atoms with Gasteiger partial charge in [0.05, 0.1) is 4.92 Å². The largest absolute Gasteiger partial charge is 0.318 e. The highest BCUT2D eigenvalue weighted by Crippen LogP contribution is 2.28. The van der Waals surface area contributed by atoms with Crippen molar-refractivity contribution in [3.8, 4) is 0 Å². The number of nitro benzene ring substituents is 1. The van der Waals surface area contributed by atoms with Gasteiger partial charge in [0.25, 0.3) is 5.69 Å². The van der Waals surface area contributed by atoms with Crippen molar-refractivity contribution in [2.45, 2.75) is 4.90 Å². The van der Waals surface area contributed by atoms with Crippen LogP contribution in [0.25, 0.3) is 0 Å². The molecule has 0 aromatic heterocycles. The summed E-state index contributed by atoms with van der Waals surface area (Å²) < 4.78 is 25.5. The van der Waals surface area contributed by atoms with Crippen LogP contribution in [-0.4, -0.2) is 44.8 Å². The minimum absolute atomic E-state index is 0. The van der Waals surface area contributed by atoms with E-state index in [0.29, 0.717) is 6.54 Å². The van der Waals surface area contributed by atoms with Gasteiger partial charge in [-0.15, -0.1) is 12.4 Å². The van der Waals surface area contributed by atoms with E-state index in [1.165, 1.54) is 13.1 Å². The van der Waals surface area contributed by atoms with E-state index >= 15 is 0 Å². The summed E-state index contributed by atoms with van der Waals surface area (Å²) >= 11 is 5.65. The lowest BCUT2D eigenvalue weighted by molar-refractivity contribution is -0.387. The average Bonchev–Trinajstić information content (AvgIpc) is 2.35. The Labute approximate surface area is 128 Å². The zero-order chi connectivity index (χ0) is 14.6. The molecule has 1 rings (SSSR count). The van der Waals surface area contributed by atoms with Crippen LogP contribution in [0.15, 0.2) is 23.1 Å². The molecule has 7 nitrogen and oxygen atoms in total. The molecule has 0 saturated heterocycles. The molecule has 0 atom stereocenters. The van der Waals surface area contributed by atoms with Gasteiger partial charge in [0, 0.05) is 31.2 Å². The number of nitrogens with zero attached hydrogens (tertiary/aromatic N) is 2. The number of halogens is 2. The number of hydrogen-bond donors (Lipinski definition) is 1. The second-order valence-corrected chi connectivity index (χ2v) is 6.25. The molecule has 0 aliphatic carbocycles. The first-order valence-electron chi connectivity index (χ1n) is 5.35. The quantitative estimate of drug-likeness (QED) is 0.624. The molecular weight excluding hydrogens is 329 g/mol. The minimum atomic E-state index is -3.91. The number of nitro groups is 1. The molecule has 0 fully saturated rings. The summed E-state index contributed by atoms with van der Waals surface area (Å²) in [5.41, 5.74) is -0.524. The van der Waals surface area contributed by atoms with Crippen LogP contribution in [0, 0.1) is 10.1 Å². The van der Waals surface area contributed by atoms with Crippen molar-refractivity contribution < 1.29 is 13.3 Å². The average molecular weight is 344 g/mol. The molecule has 1 aromatic carbocycles. The van der Waals surface area contributed by atoms with Crippen LogP contribution in [0.5, 0.6) is 0 Å². The molecule has 20 heavy (non-hydrogen) atoms. The summed E-state index contributed by atoms with van der Waals surface area (Å²) in [6.07, 6.45) is 0. The molecule has 114 valence electrons. The van der Waals surface area contributed by atoms with Crippen LogP contribution >= 0.6 is 24.0 Å². The highest BCUT2D eigenvalue weighted by Gasteiger charge is 2.29. The molecule has 1 N–H and O–H groups in total. The first-order valence-corrected chi connectivity index (χ1v) is 7.17. The van der Waals surface area contributed by atoms with Crippen molar-refractivity contribution in [3.63, 3.8) is 0 Å². The van der Waals surface area contributed by atoms with Crippen molar-refractivity contribution >= 4 is 39.7 Å². The Balaban J connectivity index is 0.00000361. The first kappa shape index (κ1) is 19.1. The third kappa shape index (κ3) is 4.29. The molecule has 1 aromatic rings. The van der Waals surface area contributed by atoms with Crippen LogP contribution in [0.3, 0.4) is 0 Å². The molecule has 0 aliphatic rings. The summed E-state index contributed by atoms with van der Waals surface area (Å²) in [6, 6.07) is 3.49. The molecule has 0 saturated carbocycles. The predicted molar refractivity (Wildman–Crippen MR) is 79.1 cm³/mol. The van der Waals surface area contributed by atoms with Gasteiger partial charge in [0.15, 0.2) is 4.90 Å². The van der Waals surface area contributed by atoms with E-state index in [1.54, 1.807) is 7.05 Å². The number of rotatable bonds is 6. The summed E-state index contributed by atoms with van der Waals surface area (Å²) in [5, 5.41) is 13.8. The van der Waals surface area contributed by atoms with E-state index in [2.05, 4.69) is 5.32 Å². The van der Waals surface area contributed by atoms with Gasteiger partial charge in [-0.2, -0.15) is 4.31 Å². The summed E-state index contributed by atoms with van der Waals surface area (Å²) in [6.45, 7) is 0.649. The van der Waals surface area contributed by atoms with E-state index in [1.807, 2.05) is 0 Å². The summed E-state index contributed by atoms with van der Waals surface area (Å²) in [7, 11) is -0.859. The van der Waals surface area contributed by atoms with E-state index in [-0.39, 0.29) is 28.9 Å². The second kappa shape index (κ2) is 7.75. The van der Waals surface area contributed by atoms with E-state index < -0.39 is 20.6 Å². The Bertz CT molecular complexity index is 580. The van der Waals surface area contributed by atoms with Gasteiger partial charge in [-0.25, -0.2) is 8.42 Å². The van der Waals surface area contributed by atoms with Crippen LogP contribution in [-0.2, 0) is 10.0 Å². The molecule has 0 radical (unpaired) electrons. The van der Waals surface area contributed by atoms with Crippen molar-refractivity contribution in [2.24, 2.45) is 0 Å². The lowest BCUT2D eigenvalue weighted by Gasteiger charge is -2.16. The topological polar surface area (TPSA) is 92.6 Å². The van der Waals surface area contributed by atoms with Crippen LogP contribution in [0.4, 0.5) is 5.69 Å². The van der Waals surface area contributed by atoms with Crippen LogP contribution in [0.1, 0.15) is 0 Å². The Morgan fingerprint density at radius 2 is 2.05 bits per heavy atom. The maximum absolute atomic E-state index is 12.2. The highest BCUT2D eigenvalue weighted by atomic mass is 35.5. The minimum Gasteiger partial charge on any atom is -0.318 e. The predicted octanol–water partition coefficient (Wildman–Crippen LogP) is 1.51. The van der Waals surface area contributed by atoms with Crippen molar-refractivity contribution in [1.82, 2.24) is 9.62 Å². The fourth-order valence-corrected chi connectivity index (χ4v) is 2.88. The van der Waals surface area contributed by atoms with Crippen LogP contribution in [0.2, 0.25) is 5.02 Å². The molecular formula is C10H15Cl2N3O4S. The van der Waals surface area contributed by atoms with Crippen LogP contribution < -0.4 is 5.32 Å². The molecule has 0 unspecified atom stereocenters. The highest BCUT2D eigenvalue weighted by molar-refractivity contribution is 7.89. The second-order valence-electron chi connectivity index (χ2n) is 3.80. The Morgan fingerprint density at radius 3 is 2.55 bits per heavy atom. The number of hydrogen-bond acceptors (Lipinski definition) is 5. The van der Waals surface area contributed by atoms with Gasteiger partial charge in [0.2, 0.25) is 10.0 Å². The maximum atomic E-state index is 12.2.